The fourth-order valence-electron chi connectivity index (χ4n) is 4.74. The molecule has 3 aromatic carbocycles. The molecule has 4 N–H and O–H groups in total. The highest BCUT2D eigenvalue weighted by Crippen LogP contribution is 2.42. The van der Waals surface area contributed by atoms with Gasteiger partial charge in [-0.3, -0.25) is 0 Å². The number of pyridine rings is 2. The van der Waals surface area contributed by atoms with Crippen molar-refractivity contribution >= 4 is 42.0 Å². The average Bonchev–Trinajstić information content (AvgIpc) is 2.92. The number of nitrogens with zero attached hydrogens (tertiary/aromatic N) is 2. The molecule has 0 bridgehead atoms. The van der Waals surface area contributed by atoms with Gasteiger partial charge in [-0.25, -0.2) is 9.97 Å². The Morgan fingerprint density at radius 1 is 0.579 bits per heavy atom. The van der Waals surface area contributed by atoms with E-state index in [0.717, 1.165) is 0 Å². The van der Waals surface area contributed by atoms with Crippen LogP contribution in [0.3, 0.4) is 0 Å². The molecule has 0 radical (unpaired) electrons. The number of benzene rings is 3. The average molecular weight is 551 g/mol. The summed E-state index contributed by atoms with van der Waals surface area (Å²) in [5, 5.41) is 0.919. The molecule has 10 nitrogen and oxygen atoms in total. The van der Waals surface area contributed by atoms with Crippen molar-refractivity contribution in [3.63, 3.8) is 0 Å². The lowest BCUT2D eigenvalue weighted by atomic mass is 9.95. The highest BCUT2D eigenvalue weighted by atomic mass is 32.2. The Bertz CT molecular complexity index is 1790. The molecule has 0 aliphatic heterocycles. The van der Waals surface area contributed by atoms with Gasteiger partial charge in [0.25, 0.3) is 0 Å². The summed E-state index contributed by atoms with van der Waals surface area (Å²) in [6, 6.07) is 21.1. The van der Waals surface area contributed by atoms with Crippen molar-refractivity contribution < 1.29 is 25.4 Å². The lowest BCUT2D eigenvalue weighted by Crippen LogP contribution is -2.16. The van der Waals surface area contributed by atoms with Gasteiger partial charge in [-0.15, -0.1) is 0 Å². The summed E-state index contributed by atoms with van der Waals surface area (Å²) < 4.78 is 60.4. The van der Waals surface area contributed by atoms with Crippen molar-refractivity contribution in [2.45, 2.75) is 23.6 Å². The quantitative estimate of drug-likeness (QED) is 0.234. The maximum atomic E-state index is 12.9. The lowest BCUT2D eigenvalue weighted by Gasteiger charge is -2.18. The summed E-state index contributed by atoms with van der Waals surface area (Å²) in [6.45, 7) is 3.06. The van der Waals surface area contributed by atoms with E-state index in [1.54, 1.807) is 72.8 Å². The molecule has 0 aliphatic rings. The van der Waals surface area contributed by atoms with Crippen molar-refractivity contribution in [3.8, 4) is 22.3 Å². The zero-order chi connectivity index (χ0) is 27.2. The molecule has 12 heteroatoms. The molecule has 0 fully saturated rings. The van der Waals surface area contributed by atoms with E-state index in [-0.39, 0.29) is 21.2 Å². The van der Waals surface area contributed by atoms with E-state index < -0.39 is 20.2 Å². The van der Waals surface area contributed by atoms with Crippen molar-refractivity contribution in [3.05, 3.63) is 84.2 Å². The van der Waals surface area contributed by atoms with Gasteiger partial charge in [0.05, 0.1) is 22.4 Å². The minimum absolute atomic E-state index is 0.136. The molecule has 0 atom stereocenters. The summed E-state index contributed by atoms with van der Waals surface area (Å²) >= 11 is 0. The van der Waals surface area contributed by atoms with Crippen LogP contribution in [0.5, 0.6) is 0 Å². The third-order valence-corrected chi connectivity index (χ3v) is 8.74. The lowest BCUT2D eigenvalue weighted by molar-refractivity contribution is 0.332. The molecule has 5 aromatic rings. The maximum absolute atomic E-state index is 12.9. The zero-order valence-corrected chi connectivity index (χ0v) is 21.9. The Kier molecular flexibility index (Phi) is 6.47. The van der Waals surface area contributed by atoms with Gasteiger partial charge in [0.15, 0.2) is 0 Å². The smallest absolute Gasteiger partial charge is 0.249 e. The zero-order valence-electron chi connectivity index (χ0n) is 20.2. The van der Waals surface area contributed by atoms with E-state index in [4.69, 9.17) is 11.8 Å². The number of aromatic nitrogens is 2. The van der Waals surface area contributed by atoms with Crippen LogP contribution in [0.15, 0.2) is 82.6 Å². The first-order chi connectivity index (χ1) is 18.1. The third-order valence-electron chi connectivity index (χ3n) is 6.24. The second kappa shape index (κ2) is 9.51. The van der Waals surface area contributed by atoms with Gasteiger partial charge in [0, 0.05) is 21.9 Å². The highest BCUT2D eigenvalue weighted by Gasteiger charge is 2.30. The Labute approximate surface area is 219 Å². The summed E-state index contributed by atoms with van der Waals surface area (Å²) in [5.74, 6) is 10.3. The fourth-order valence-corrected chi connectivity index (χ4v) is 6.71. The van der Waals surface area contributed by atoms with Crippen LogP contribution in [-0.4, -0.2) is 26.8 Å². The van der Waals surface area contributed by atoms with Gasteiger partial charge < -0.3 is 0 Å². The molecule has 0 spiro atoms. The van der Waals surface area contributed by atoms with Gasteiger partial charge in [-0.2, -0.15) is 37.2 Å². The Morgan fingerprint density at radius 2 is 0.921 bits per heavy atom. The van der Waals surface area contributed by atoms with E-state index in [9.17, 15) is 16.8 Å². The van der Waals surface area contributed by atoms with E-state index in [1.807, 2.05) is 0 Å². The SMILES string of the molecule is Cc1nc2c(ccc3c(-c4ccccc4)c(S(=O)(=O)ON)c(C)nc32)c(-c2ccccc2)c1S(=O)(=O)ON. The topological polar surface area (TPSA) is 165 Å². The number of nitrogens with two attached hydrogens (primary N) is 2. The van der Waals surface area contributed by atoms with Crippen LogP contribution in [-0.2, 0) is 28.8 Å². The molecule has 2 heterocycles. The summed E-state index contributed by atoms with van der Waals surface area (Å²) in [4.78, 5) is 8.87. The maximum Gasteiger partial charge on any atom is 0.315 e. The van der Waals surface area contributed by atoms with Gasteiger partial charge in [0.1, 0.15) is 9.79 Å². The molecule has 0 saturated heterocycles. The largest absolute Gasteiger partial charge is 0.315 e. The molecule has 2 aromatic heterocycles. The monoisotopic (exact) mass is 550 g/mol. The minimum atomic E-state index is -4.36. The van der Waals surface area contributed by atoms with E-state index in [1.165, 1.54) is 13.8 Å². The Morgan fingerprint density at radius 3 is 1.24 bits per heavy atom. The van der Waals surface area contributed by atoms with Crippen LogP contribution in [0, 0.1) is 13.8 Å². The van der Waals surface area contributed by atoms with Crippen LogP contribution in [0.25, 0.3) is 44.1 Å². The second-order valence-electron chi connectivity index (χ2n) is 8.49. The number of fused-ring (bicyclic) bond motifs is 3. The van der Waals surface area contributed by atoms with Crippen LogP contribution < -0.4 is 11.8 Å². The first-order valence-electron chi connectivity index (χ1n) is 11.3. The summed E-state index contributed by atoms with van der Waals surface area (Å²) in [6.07, 6.45) is 0. The number of hydrogen-bond donors (Lipinski definition) is 2. The predicted molar refractivity (Wildman–Crippen MR) is 142 cm³/mol. The van der Waals surface area contributed by atoms with Crippen molar-refractivity contribution in [2.24, 2.45) is 11.8 Å². The normalized spacial score (nSPS) is 12.3. The van der Waals surface area contributed by atoms with Gasteiger partial charge >= 0.3 is 20.2 Å². The van der Waals surface area contributed by atoms with Crippen molar-refractivity contribution in [2.75, 3.05) is 0 Å². The van der Waals surface area contributed by atoms with Crippen LogP contribution >= 0.6 is 0 Å². The molecule has 38 heavy (non-hydrogen) atoms. The van der Waals surface area contributed by atoms with Gasteiger partial charge in [-0.05, 0) is 25.0 Å². The predicted octanol–water partition coefficient (Wildman–Crippen LogP) is 3.89. The summed E-state index contributed by atoms with van der Waals surface area (Å²) in [5.41, 5.74) is 2.86. The second-order valence-corrected chi connectivity index (χ2v) is 11.5. The molecule has 194 valence electrons. The number of rotatable bonds is 6. The van der Waals surface area contributed by atoms with Crippen LogP contribution in [0.1, 0.15) is 11.4 Å². The number of hydrogen-bond acceptors (Lipinski definition) is 10. The molecule has 0 amide bonds. The fraction of sp³-hybridized carbons (Fsp3) is 0.0769. The van der Waals surface area contributed by atoms with Gasteiger partial charge in [-0.1, -0.05) is 72.8 Å². The first kappa shape index (κ1) is 25.9. The van der Waals surface area contributed by atoms with E-state index in [2.05, 4.69) is 18.5 Å². The molecule has 0 saturated carbocycles. The minimum Gasteiger partial charge on any atom is -0.249 e. The Hall–Kier alpha value is -3.78. The number of aryl methyl sites for hydroxylation is 2. The molecule has 0 unspecified atom stereocenters. The summed E-state index contributed by atoms with van der Waals surface area (Å²) in [7, 11) is -8.71. The molecule has 5 rings (SSSR count). The molecular weight excluding hydrogens is 528 g/mol. The highest BCUT2D eigenvalue weighted by molar-refractivity contribution is 7.87. The van der Waals surface area contributed by atoms with E-state index >= 15 is 0 Å². The molecular formula is C26H22N4O6S2. The van der Waals surface area contributed by atoms with Gasteiger partial charge in [0.2, 0.25) is 0 Å². The Balaban J connectivity index is 2.03. The van der Waals surface area contributed by atoms with Crippen molar-refractivity contribution in [1.29, 1.82) is 0 Å². The van der Waals surface area contributed by atoms with Crippen LogP contribution in [0.4, 0.5) is 0 Å². The van der Waals surface area contributed by atoms with Crippen molar-refractivity contribution in [1.82, 2.24) is 9.97 Å². The first-order valence-corrected chi connectivity index (χ1v) is 14.1. The molecule has 0 aliphatic carbocycles. The standard InChI is InChI=1S/C26H22N4O6S2/c1-15-25(37(31,32)35-27)21(17-9-5-3-6-10-17)19-13-14-20-22(18-11-7-4-8-12-18)26(38(33,34)36-28)16(2)30-24(20)23(19)29-15/h3-14H,27-28H2,1-2H3. The van der Waals surface area contributed by atoms with E-state index in [0.29, 0.717) is 44.1 Å². The van der Waals surface area contributed by atoms with Crippen LogP contribution in [0.2, 0.25) is 0 Å². The third kappa shape index (κ3) is 4.13.